The van der Waals surface area contributed by atoms with Gasteiger partial charge in [-0.2, -0.15) is 0 Å². The molecule has 2 N–H and O–H groups in total. The highest BCUT2D eigenvalue weighted by Gasteiger charge is 2.19. The molecule has 2 rings (SSSR count). The van der Waals surface area contributed by atoms with E-state index in [1.807, 2.05) is 0 Å². The van der Waals surface area contributed by atoms with Crippen molar-refractivity contribution in [2.45, 2.75) is 17.9 Å². The number of hydrogen-bond acceptors (Lipinski definition) is 3. The normalized spacial score (nSPS) is 13.1. The molecule has 0 aliphatic heterocycles. The molecule has 0 spiro atoms. The van der Waals surface area contributed by atoms with Crippen LogP contribution in [0.4, 0.5) is 8.78 Å². The Kier molecular flexibility index (Phi) is 4.19. The smallest absolute Gasteiger partial charge is 0.247 e. The van der Waals surface area contributed by atoms with Gasteiger partial charge in [0.25, 0.3) is 0 Å². The molecular weight excluding hydrogens is 302 g/mol. The van der Waals surface area contributed by atoms with Gasteiger partial charge in [0.2, 0.25) is 15.6 Å². The third-order valence-electron chi connectivity index (χ3n) is 2.84. The van der Waals surface area contributed by atoms with E-state index in [4.69, 9.17) is 0 Å². The summed E-state index contributed by atoms with van der Waals surface area (Å²) in [5.41, 5.74) is -0.149. The largest absolute Gasteiger partial charge is 0.328 e. The second-order valence-corrected chi connectivity index (χ2v) is 6.12. The van der Waals surface area contributed by atoms with E-state index in [2.05, 4.69) is 9.71 Å². The van der Waals surface area contributed by atoms with Crippen molar-refractivity contribution in [3.05, 3.63) is 64.1 Å². The highest BCUT2D eigenvalue weighted by atomic mass is 32.2. The van der Waals surface area contributed by atoms with Crippen molar-refractivity contribution >= 4 is 10.0 Å². The lowest BCUT2D eigenvalue weighted by Gasteiger charge is -2.14. The number of halogens is 2. The Labute approximate surface area is 119 Å². The summed E-state index contributed by atoms with van der Waals surface area (Å²) in [6.07, 6.45) is 1.06. The van der Waals surface area contributed by atoms with Crippen molar-refractivity contribution < 1.29 is 17.2 Å². The molecule has 0 amide bonds. The fourth-order valence-corrected chi connectivity index (χ4v) is 2.91. The van der Waals surface area contributed by atoms with E-state index >= 15 is 0 Å². The lowest BCUT2D eigenvalue weighted by Crippen LogP contribution is -2.27. The van der Waals surface area contributed by atoms with E-state index in [9.17, 15) is 22.0 Å². The van der Waals surface area contributed by atoms with Crippen LogP contribution in [0.5, 0.6) is 0 Å². The molecule has 0 saturated carbocycles. The summed E-state index contributed by atoms with van der Waals surface area (Å²) in [6.45, 7) is 1.50. The monoisotopic (exact) mass is 314 g/mol. The van der Waals surface area contributed by atoms with Gasteiger partial charge in [0.1, 0.15) is 0 Å². The van der Waals surface area contributed by atoms with Gasteiger partial charge in [0, 0.05) is 18.3 Å². The Balaban J connectivity index is 2.25. The molecule has 5 nitrogen and oxygen atoms in total. The average Bonchev–Trinajstić information content (AvgIpc) is 2.41. The fourth-order valence-electron chi connectivity index (χ4n) is 1.71. The van der Waals surface area contributed by atoms with Crippen molar-refractivity contribution in [3.63, 3.8) is 0 Å². The van der Waals surface area contributed by atoms with Gasteiger partial charge in [-0.15, -0.1) is 0 Å². The highest BCUT2D eigenvalue weighted by molar-refractivity contribution is 7.89. The summed E-state index contributed by atoms with van der Waals surface area (Å²) in [5, 5.41) is 0. The van der Waals surface area contributed by atoms with Gasteiger partial charge >= 0.3 is 0 Å². The van der Waals surface area contributed by atoms with Crippen LogP contribution in [0.2, 0.25) is 0 Å². The second-order valence-electron chi connectivity index (χ2n) is 4.41. The number of hydrogen-bond donors (Lipinski definition) is 2. The van der Waals surface area contributed by atoms with Crippen LogP contribution in [-0.4, -0.2) is 13.4 Å². The van der Waals surface area contributed by atoms with Crippen molar-refractivity contribution in [3.8, 4) is 0 Å². The maximum atomic E-state index is 13.1. The van der Waals surface area contributed by atoms with Crippen LogP contribution < -0.4 is 10.3 Å². The van der Waals surface area contributed by atoms with E-state index in [1.165, 1.54) is 13.0 Å². The molecule has 0 aliphatic rings. The zero-order chi connectivity index (χ0) is 15.6. The Morgan fingerprint density at radius 3 is 2.43 bits per heavy atom. The zero-order valence-corrected chi connectivity index (χ0v) is 11.7. The van der Waals surface area contributed by atoms with Crippen molar-refractivity contribution in [1.29, 1.82) is 0 Å². The first-order chi connectivity index (χ1) is 9.79. The van der Waals surface area contributed by atoms with Crippen LogP contribution in [-0.2, 0) is 10.0 Å². The Hall–Kier alpha value is -2.06. The predicted molar refractivity (Wildman–Crippen MR) is 72.2 cm³/mol. The molecule has 1 aromatic heterocycles. The lowest BCUT2D eigenvalue weighted by atomic mass is 10.1. The molecule has 1 atom stereocenters. The van der Waals surface area contributed by atoms with Crippen LogP contribution in [0.3, 0.4) is 0 Å². The molecule has 112 valence electrons. The van der Waals surface area contributed by atoms with Gasteiger partial charge in [-0.3, -0.25) is 4.79 Å². The van der Waals surface area contributed by atoms with E-state index in [1.54, 1.807) is 0 Å². The lowest BCUT2D eigenvalue weighted by molar-refractivity contribution is 0.504. The topological polar surface area (TPSA) is 79.0 Å². The number of aromatic nitrogens is 1. The molecular formula is C13H12F2N2O3S. The zero-order valence-electron chi connectivity index (χ0n) is 10.9. The van der Waals surface area contributed by atoms with Gasteiger partial charge in [0.15, 0.2) is 11.6 Å². The van der Waals surface area contributed by atoms with Crippen LogP contribution in [0, 0.1) is 11.6 Å². The Morgan fingerprint density at radius 2 is 1.86 bits per heavy atom. The molecule has 2 aromatic rings. The standard InChI is InChI=1S/C13H12F2N2O3S/c1-8(9-2-4-11(14)12(15)6-9)17-21(19,20)10-3-5-13(18)16-7-10/h2-8,17H,1H3,(H,16,18). The Bertz CT molecular complexity index is 798. The number of aromatic amines is 1. The summed E-state index contributed by atoms with van der Waals surface area (Å²) < 4.78 is 52.5. The molecule has 0 aliphatic carbocycles. The number of H-pyrrole nitrogens is 1. The average molecular weight is 314 g/mol. The molecule has 1 aromatic carbocycles. The number of pyridine rings is 1. The van der Waals surface area contributed by atoms with Crippen LogP contribution in [0.15, 0.2) is 46.2 Å². The molecule has 8 heteroatoms. The van der Waals surface area contributed by atoms with Gasteiger partial charge in [-0.05, 0) is 30.7 Å². The minimum atomic E-state index is -3.88. The molecule has 0 saturated heterocycles. The van der Waals surface area contributed by atoms with Crippen LogP contribution in [0.25, 0.3) is 0 Å². The predicted octanol–water partition coefficient (Wildman–Crippen LogP) is 1.69. The first-order valence-corrected chi connectivity index (χ1v) is 7.44. The van der Waals surface area contributed by atoms with Gasteiger partial charge in [-0.25, -0.2) is 21.9 Å². The maximum Gasteiger partial charge on any atom is 0.247 e. The third kappa shape index (κ3) is 3.53. The first-order valence-electron chi connectivity index (χ1n) is 5.95. The van der Waals surface area contributed by atoms with E-state index in [0.717, 1.165) is 30.5 Å². The van der Waals surface area contributed by atoms with E-state index in [0.29, 0.717) is 0 Å². The Morgan fingerprint density at radius 1 is 1.14 bits per heavy atom. The quantitative estimate of drug-likeness (QED) is 0.901. The summed E-state index contributed by atoms with van der Waals surface area (Å²) in [6, 6.07) is 4.61. The van der Waals surface area contributed by atoms with Crippen molar-refractivity contribution in [2.24, 2.45) is 0 Å². The van der Waals surface area contributed by atoms with Gasteiger partial charge < -0.3 is 4.98 Å². The molecule has 1 heterocycles. The molecule has 0 fully saturated rings. The molecule has 0 radical (unpaired) electrons. The minimum Gasteiger partial charge on any atom is -0.328 e. The summed E-state index contributed by atoms with van der Waals surface area (Å²) >= 11 is 0. The van der Waals surface area contributed by atoms with Gasteiger partial charge in [0.05, 0.1) is 4.90 Å². The van der Waals surface area contributed by atoms with Crippen LogP contribution >= 0.6 is 0 Å². The number of rotatable bonds is 4. The van der Waals surface area contributed by atoms with Crippen molar-refractivity contribution in [1.82, 2.24) is 9.71 Å². The molecule has 21 heavy (non-hydrogen) atoms. The number of nitrogens with one attached hydrogen (secondary N) is 2. The van der Waals surface area contributed by atoms with Gasteiger partial charge in [-0.1, -0.05) is 6.07 Å². The summed E-state index contributed by atoms with van der Waals surface area (Å²) in [7, 11) is -3.88. The van der Waals surface area contributed by atoms with E-state index < -0.39 is 33.3 Å². The minimum absolute atomic E-state index is 0.128. The molecule has 0 bridgehead atoms. The second kappa shape index (κ2) is 5.74. The van der Waals surface area contributed by atoms with E-state index in [-0.39, 0.29) is 10.5 Å². The SMILES string of the molecule is CC(NS(=O)(=O)c1ccc(=O)[nH]c1)c1ccc(F)c(F)c1. The van der Waals surface area contributed by atoms with Crippen LogP contribution in [0.1, 0.15) is 18.5 Å². The first kappa shape index (κ1) is 15.3. The number of benzene rings is 1. The highest BCUT2D eigenvalue weighted by Crippen LogP contribution is 2.18. The van der Waals surface area contributed by atoms with Crippen molar-refractivity contribution in [2.75, 3.05) is 0 Å². The maximum absolute atomic E-state index is 13.1. The molecule has 1 unspecified atom stereocenters. The fraction of sp³-hybridized carbons (Fsp3) is 0.154. The number of sulfonamides is 1. The third-order valence-corrected chi connectivity index (χ3v) is 4.38. The summed E-state index contributed by atoms with van der Waals surface area (Å²) in [5.74, 6) is -2.06. The summed E-state index contributed by atoms with van der Waals surface area (Å²) in [4.78, 5) is 13.0.